The molecular weight excluding hydrogens is 450 g/mol. The Morgan fingerprint density at radius 2 is 1.67 bits per heavy atom. The van der Waals surface area contributed by atoms with Crippen LogP contribution >= 0.6 is 0 Å². The highest BCUT2D eigenvalue weighted by molar-refractivity contribution is 7.92. The zero-order valence-corrected chi connectivity index (χ0v) is 18.8. The molecule has 0 atom stereocenters. The second kappa shape index (κ2) is 8.32. The molecule has 1 N–H and O–H groups in total. The molecule has 3 aromatic carbocycles. The number of nitrogens with zero attached hydrogens (tertiary/aromatic N) is 1. The van der Waals surface area contributed by atoms with Crippen LogP contribution < -0.4 is 9.62 Å². The first kappa shape index (κ1) is 22.5. The van der Waals surface area contributed by atoms with Crippen molar-refractivity contribution in [3.05, 3.63) is 77.9 Å². The fourth-order valence-electron chi connectivity index (χ4n) is 3.61. The van der Waals surface area contributed by atoms with E-state index in [0.29, 0.717) is 22.1 Å². The number of anilines is 1. The second-order valence-corrected chi connectivity index (χ2v) is 9.51. The average molecular weight is 470 g/mol. The summed E-state index contributed by atoms with van der Waals surface area (Å²) < 4.78 is 59.2. The molecule has 0 spiro atoms. The number of fused-ring (bicyclic) bond motifs is 1. The maximum absolute atomic E-state index is 14.0. The lowest BCUT2D eigenvalue weighted by molar-refractivity contribution is 0.0964. The summed E-state index contributed by atoms with van der Waals surface area (Å²) in [6.45, 7) is 0. The molecular formula is C24H20F2N2O4S. The molecule has 1 heterocycles. The summed E-state index contributed by atoms with van der Waals surface area (Å²) >= 11 is 0. The van der Waals surface area contributed by atoms with Crippen LogP contribution in [0.15, 0.2) is 65.1 Å². The first-order valence-electron chi connectivity index (χ1n) is 9.88. The molecule has 4 aromatic rings. The first-order chi connectivity index (χ1) is 15.6. The Kier molecular flexibility index (Phi) is 5.67. The van der Waals surface area contributed by atoms with Crippen molar-refractivity contribution in [3.8, 4) is 22.5 Å². The number of carbonyl (C=O) groups is 1. The van der Waals surface area contributed by atoms with Gasteiger partial charge in [-0.1, -0.05) is 12.1 Å². The number of halogens is 2. The maximum Gasteiger partial charge on any atom is 0.255 e. The normalized spacial score (nSPS) is 11.5. The van der Waals surface area contributed by atoms with Crippen LogP contribution in [0.5, 0.6) is 0 Å². The lowest BCUT2D eigenvalue weighted by Gasteiger charge is -2.20. The van der Waals surface area contributed by atoms with Crippen LogP contribution in [0.1, 0.15) is 10.4 Å². The Morgan fingerprint density at radius 3 is 2.27 bits per heavy atom. The van der Waals surface area contributed by atoms with Crippen molar-refractivity contribution in [2.75, 3.05) is 24.7 Å². The molecule has 0 unspecified atom stereocenters. The molecule has 0 aliphatic heterocycles. The third-order valence-electron chi connectivity index (χ3n) is 5.34. The third kappa shape index (κ3) is 4.19. The van der Waals surface area contributed by atoms with E-state index in [1.807, 2.05) is 0 Å². The number of amides is 1. The van der Waals surface area contributed by atoms with E-state index in [2.05, 4.69) is 5.32 Å². The number of sulfonamides is 1. The predicted octanol–water partition coefficient (Wildman–Crippen LogP) is 4.80. The van der Waals surface area contributed by atoms with Gasteiger partial charge in [-0.15, -0.1) is 0 Å². The van der Waals surface area contributed by atoms with Crippen LogP contribution in [-0.4, -0.2) is 34.7 Å². The van der Waals surface area contributed by atoms with Gasteiger partial charge >= 0.3 is 0 Å². The van der Waals surface area contributed by atoms with Gasteiger partial charge in [0.1, 0.15) is 23.0 Å². The molecule has 0 radical (unpaired) electrons. The van der Waals surface area contributed by atoms with Gasteiger partial charge in [0.05, 0.1) is 17.5 Å². The lowest BCUT2D eigenvalue weighted by atomic mass is 9.98. The third-order valence-corrected chi connectivity index (χ3v) is 6.53. The summed E-state index contributed by atoms with van der Waals surface area (Å²) in [5.74, 6) is -1.18. The molecule has 0 saturated heterocycles. The van der Waals surface area contributed by atoms with Crippen LogP contribution in [0.2, 0.25) is 0 Å². The monoisotopic (exact) mass is 470 g/mol. The quantitative estimate of drug-likeness (QED) is 0.454. The molecule has 0 bridgehead atoms. The number of furan rings is 1. The number of nitrogens with one attached hydrogen (secondary N) is 1. The van der Waals surface area contributed by atoms with Crippen LogP contribution in [0.25, 0.3) is 33.4 Å². The molecule has 6 nitrogen and oxygen atoms in total. The highest BCUT2D eigenvalue weighted by atomic mass is 32.2. The molecule has 9 heteroatoms. The van der Waals surface area contributed by atoms with Gasteiger partial charge in [0, 0.05) is 36.7 Å². The highest BCUT2D eigenvalue weighted by Crippen LogP contribution is 2.41. The summed E-state index contributed by atoms with van der Waals surface area (Å²) in [7, 11) is -0.825. The van der Waals surface area contributed by atoms with E-state index >= 15 is 0 Å². The first-order valence-corrected chi connectivity index (χ1v) is 11.7. The Balaban J connectivity index is 2.09. The Labute approximate surface area is 189 Å². The van der Waals surface area contributed by atoms with Gasteiger partial charge in [-0.25, -0.2) is 17.2 Å². The molecule has 33 heavy (non-hydrogen) atoms. The van der Waals surface area contributed by atoms with Crippen molar-refractivity contribution in [3.63, 3.8) is 0 Å². The molecule has 1 amide bonds. The summed E-state index contributed by atoms with van der Waals surface area (Å²) in [5, 5.41) is 2.97. The average Bonchev–Trinajstić information content (AvgIpc) is 3.15. The number of rotatable bonds is 5. The van der Waals surface area contributed by atoms with Crippen LogP contribution in [-0.2, 0) is 10.0 Å². The molecule has 1 aromatic heterocycles. The SMILES string of the molecule is CNC(=O)c1c(-c2ccc(F)cc2)oc2cc(N(C)S(C)(=O)=O)c(-c3cccc(F)c3)cc12. The predicted molar refractivity (Wildman–Crippen MR) is 124 cm³/mol. The van der Waals surface area contributed by atoms with E-state index in [1.54, 1.807) is 12.1 Å². The zero-order valence-electron chi connectivity index (χ0n) is 18.0. The largest absolute Gasteiger partial charge is 0.455 e. The maximum atomic E-state index is 14.0. The van der Waals surface area contributed by atoms with E-state index in [4.69, 9.17) is 4.42 Å². The van der Waals surface area contributed by atoms with E-state index in [1.165, 1.54) is 62.6 Å². The van der Waals surface area contributed by atoms with Gasteiger partial charge in [-0.2, -0.15) is 0 Å². The Hall–Kier alpha value is -3.72. The molecule has 0 aliphatic rings. The number of benzene rings is 3. The standard InChI is InChI=1S/C24H20F2N2O4S/c1-27-24(29)22-19-12-18(15-5-4-6-17(26)11-15)20(28(2)33(3,30)31)13-21(19)32-23(22)14-7-9-16(25)10-8-14/h4-13H,1-3H3,(H,27,29). The molecule has 0 fully saturated rings. The van der Waals surface area contributed by atoms with Gasteiger partial charge in [0.15, 0.2) is 0 Å². The number of hydrogen-bond acceptors (Lipinski definition) is 4. The van der Waals surface area contributed by atoms with E-state index < -0.39 is 27.6 Å². The van der Waals surface area contributed by atoms with Crippen molar-refractivity contribution in [1.29, 1.82) is 0 Å². The molecule has 4 rings (SSSR count). The molecule has 170 valence electrons. The number of carbonyl (C=O) groups excluding carboxylic acids is 1. The Bertz CT molecular complexity index is 1480. The van der Waals surface area contributed by atoms with E-state index in [9.17, 15) is 22.0 Å². The minimum atomic E-state index is -3.67. The smallest absolute Gasteiger partial charge is 0.255 e. The summed E-state index contributed by atoms with van der Waals surface area (Å²) in [5.41, 5.74) is 1.99. The fraction of sp³-hybridized carbons (Fsp3) is 0.125. The van der Waals surface area contributed by atoms with Crippen molar-refractivity contribution in [1.82, 2.24) is 5.32 Å². The van der Waals surface area contributed by atoms with Crippen LogP contribution in [0, 0.1) is 11.6 Å². The van der Waals surface area contributed by atoms with Gasteiger partial charge in [-0.3, -0.25) is 9.10 Å². The minimum Gasteiger partial charge on any atom is -0.455 e. The van der Waals surface area contributed by atoms with Gasteiger partial charge in [0.25, 0.3) is 5.91 Å². The summed E-state index contributed by atoms with van der Waals surface area (Å²) in [6.07, 6.45) is 1.05. The molecule has 0 saturated carbocycles. The van der Waals surface area contributed by atoms with Gasteiger partial charge < -0.3 is 9.73 Å². The van der Waals surface area contributed by atoms with E-state index in [-0.39, 0.29) is 22.6 Å². The zero-order chi connectivity index (χ0) is 23.9. The van der Waals surface area contributed by atoms with Crippen LogP contribution in [0.3, 0.4) is 0 Å². The summed E-state index contributed by atoms with van der Waals surface area (Å²) in [6, 6.07) is 14.3. The van der Waals surface area contributed by atoms with Crippen molar-refractivity contribution in [2.24, 2.45) is 0 Å². The number of hydrogen-bond donors (Lipinski definition) is 1. The van der Waals surface area contributed by atoms with E-state index in [0.717, 1.165) is 10.6 Å². The van der Waals surface area contributed by atoms with Gasteiger partial charge in [-0.05, 0) is 48.0 Å². The van der Waals surface area contributed by atoms with Gasteiger partial charge in [0.2, 0.25) is 10.0 Å². The second-order valence-electron chi connectivity index (χ2n) is 7.50. The van der Waals surface area contributed by atoms with Crippen molar-refractivity contribution >= 4 is 32.6 Å². The lowest BCUT2D eigenvalue weighted by Crippen LogP contribution is -2.25. The molecule has 0 aliphatic carbocycles. The van der Waals surface area contributed by atoms with Crippen LogP contribution in [0.4, 0.5) is 14.5 Å². The minimum absolute atomic E-state index is 0.199. The van der Waals surface area contributed by atoms with Crippen molar-refractivity contribution in [2.45, 2.75) is 0 Å². The highest BCUT2D eigenvalue weighted by Gasteiger charge is 2.26. The Morgan fingerprint density at radius 1 is 0.970 bits per heavy atom. The topological polar surface area (TPSA) is 79.6 Å². The van der Waals surface area contributed by atoms with Crippen molar-refractivity contribution < 1.29 is 26.4 Å². The summed E-state index contributed by atoms with van der Waals surface area (Å²) in [4.78, 5) is 12.8. The fourth-order valence-corrected chi connectivity index (χ4v) is 4.12.